The van der Waals surface area contributed by atoms with E-state index in [1.165, 1.54) is 16.7 Å². The van der Waals surface area contributed by atoms with Crippen LogP contribution in [-0.2, 0) is 36.7 Å². The van der Waals surface area contributed by atoms with Gasteiger partial charge in [0.05, 0.1) is 6.61 Å². The molecule has 0 aliphatic rings. The third kappa shape index (κ3) is 10.1. The van der Waals surface area contributed by atoms with Crippen molar-refractivity contribution in [3.05, 3.63) is 83.9 Å². The minimum atomic E-state index is -0.934. The lowest BCUT2D eigenvalue weighted by Crippen LogP contribution is -2.56. The molecule has 0 aliphatic carbocycles. The maximum absolute atomic E-state index is 14.2. The number of hydrogen-bond acceptors (Lipinski definition) is 6. The van der Waals surface area contributed by atoms with Crippen molar-refractivity contribution in [3.8, 4) is 0 Å². The molecule has 1 N–H and O–H groups in total. The maximum Gasteiger partial charge on any atom is 0.410 e. The molecular weight excluding hydrogens is 546 g/mol. The highest BCUT2D eigenvalue weighted by Crippen LogP contribution is 2.21. The molecule has 3 rings (SSSR count). The Morgan fingerprint density at radius 1 is 0.791 bits per heavy atom. The summed E-state index contributed by atoms with van der Waals surface area (Å²) in [5.41, 5.74) is 1.000. The van der Waals surface area contributed by atoms with E-state index in [-0.39, 0.29) is 37.9 Å². The van der Waals surface area contributed by atoms with Crippen molar-refractivity contribution in [3.63, 3.8) is 0 Å². The van der Waals surface area contributed by atoms with Gasteiger partial charge in [0.1, 0.15) is 17.7 Å². The first-order chi connectivity index (χ1) is 20.4. The Morgan fingerprint density at radius 2 is 1.42 bits per heavy atom. The second-order valence-electron chi connectivity index (χ2n) is 11.6. The van der Waals surface area contributed by atoms with Crippen LogP contribution in [-0.4, -0.2) is 78.6 Å². The molecule has 0 radical (unpaired) electrons. The van der Waals surface area contributed by atoms with Crippen molar-refractivity contribution in [2.45, 2.75) is 64.6 Å². The highest BCUT2D eigenvalue weighted by Gasteiger charge is 2.36. The topological polar surface area (TPSA) is 105 Å². The number of carbonyl (C=O) groups is 4. The maximum atomic E-state index is 14.2. The van der Waals surface area contributed by atoms with Gasteiger partial charge in [0.25, 0.3) is 0 Å². The molecule has 0 unspecified atom stereocenters. The highest BCUT2D eigenvalue weighted by molar-refractivity contribution is 5.92. The third-order valence-corrected chi connectivity index (χ3v) is 6.99. The fourth-order valence-corrected chi connectivity index (χ4v) is 4.69. The molecule has 9 nitrogen and oxygen atoms in total. The van der Waals surface area contributed by atoms with Crippen LogP contribution in [0.25, 0.3) is 10.8 Å². The van der Waals surface area contributed by atoms with E-state index in [1.54, 1.807) is 34.9 Å². The average molecular weight is 590 g/mol. The van der Waals surface area contributed by atoms with E-state index in [0.717, 1.165) is 21.9 Å². The van der Waals surface area contributed by atoms with Crippen molar-refractivity contribution >= 4 is 34.6 Å². The van der Waals surface area contributed by atoms with Crippen molar-refractivity contribution in [2.75, 3.05) is 27.2 Å². The summed E-state index contributed by atoms with van der Waals surface area (Å²) in [7, 11) is 3.14. The van der Waals surface area contributed by atoms with Gasteiger partial charge in [-0.15, -0.1) is 0 Å². The smallest absolute Gasteiger partial charge is 0.410 e. The summed E-state index contributed by atoms with van der Waals surface area (Å²) < 4.78 is 10.6. The van der Waals surface area contributed by atoms with Gasteiger partial charge < -0.3 is 19.7 Å². The van der Waals surface area contributed by atoms with E-state index in [4.69, 9.17) is 9.47 Å². The number of rotatable bonds is 12. The summed E-state index contributed by atoms with van der Waals surface area (Å²) in [5, 5.41) is 4.97. The molecule has 0 bridgehead atoms. The molecule has 0 aliphatic heterocycles. The predicted octanol–water partition coefficient (Wildman–Crippen LogP) is 4.76. The van der Waals surface area contributed by atoms with Gasteiger partial charge in [-0.05, 0) is 49.1 Å². The molecule has 2 atom stereocenters. The number of carbonyl (C=O) groups excluding carboxylic acids is 4. The van der Waals surface area contributed by atoms with Crippen LogP contribution in [0.3, 0.4) is 0 Å². The van der Waals surface area contributed by atoms with Crippen molar-refractivity contribution in [1.82, 2.24) is 15.1 Å². The molecule has 3 aromatic rings. The van der Waals surface area contributed by atoms with E-state index in [1.807, 2.05) is 72.8 Å². The van der Waals surface area contributed by atoms with Crippen LogP contribution in [0.5, 0.6) is 0 Å². The second kappa shape index (κ2) is 15.2. The number of fused-ring (bicyclic) bond motifs is 1. The Morgan fingerprint density at radius 3 is 2.07 bits per heavy atom. The average Bonchev–Trinajstić information content (AvgIpc) is 2.96. The van der Waals surface area contributed by atoms with E-state index < -0.39 is 29.7 Å². The normalized spacial score (nSPS) is 12.6. The van der Waals surface area contributed by atoms with E-state index in [0.29, 0.717) is 6.42 Å². The monoisotopic (exact) mass is 589 g/mol. The van der Waals surface area contributed by atoms with Crippen molar-refractivity contribution in [1.29, 1.82) is 0 Å². The van der Waals surface area contributed by atoms with Gasteiger partial charge in [-0.3, -0.25) is 19.3 Å². The van der Waals surface area contributed by atoms with E-state index >= 15 is 0 Å². The van der Waals surface area contributed by atoms with Gasteiger partial charge in [0, 0.05) is 40.4 Å². The third-order valence-electron chi connectivity index (χ3n) is 6.99. The molecular formula is C34H43N3O6. The number of hydrogen-bond donors (Lipinski definition) is 1. The fraction of sp³-hybridized carbons (Fsp3) is 0.412. The molecule has 43 heavy (non-hydrogen) atoms. The van der Waals surface area contributed by atoms with Crippen LogP contribution in [0, 0.1) is 0 Å². The number of benzene rings is 3. The zero-order chi connectivity index (χ0) is 31.6. The van der Waals surface area contributed by atoms with Gasteiger partial charge in [-0.1, -0.05) is 72.8 Å². The van der Waals surface area contributed by atoms with E-state index in [2.05, 4.69) is 5.32 Å². The number of esters is 1. The lowest BCUT2D eigenvalue weighted by molar-refractivity contribution is -0.143. The zero-order valence-corrected chi connectivity index (χ0v) is 26.0. The van der Waals surface area contributed by atoms with Crippen LogP contribution >= 0.6 is 0 Å². The summed E-state index contributed by atoms with van der Waals surface area (Å²) >= 11 is 0. The first kappa shape index (κ1) is 33.1. The summed E-state index contributed by atoms with van der Waals surface area (Å²) in [6.45, 7) is 7.10. The van der Waals surface area contributed by atoms with E-state index in [9.17, 15) is 19.2 Å². The van der Waals surface area contributed by atoms with Gasteiger partial charge in [0.15, 0.2) is 0 Å². The zero-order valence-electron chi connectivity index (χ0n) is 26.0. The van der Waals surface area contributed by atoms with Gasteiger partial charge >= 0.3 is 12.1 Å². The molecule has 3 amide bonds. The first-order valence-electron chi connectivity index (χ1n) is 14.5. The fourth-order valence-electron chi connectivity index (χ4n) is 4.69. The molecule has 0 heterocycles. The standard InChI is InChI=1S/C34H43N3O6/c1-24(38)42-20-12-19-35-31(39)29(22-25-13-8-7-9-14-25)36(5)32(40)30(37(6)33(41)43-34(2,3)4)23-26-17-18-27-15-10-11-16-28(27)21-26/h7-11,13-18,21,29-30H,12,19-20,22-23H2,1-6H3,(H,35,39)/t29-,30-/m1/s1. The molecule has 9 heteroatoms. The molecule has 0 fully saturated rings. The first-order valence-corrected chi connectivity index (χ1v) is 14.5. The number of likely N-dealkylation sites (N-methyl/N-ethyl adjacent to an activating group) is 2. The van der Waals surface area contributed by atoms with Crippen molar-refractivity contribution in [2.24, 2.45) is 0 Å². The number of nitrogens with zero attached hydrogens (tertiary/aromatic N) is 2. The Labute approximate surface area is 254 Å². The number of amides is 3. The van der Waals surface area contributed by atoms with Crippen LogP contribution in [0.15, 0.2) is 72.8 Å². The molecule has 230 valence electrons. The quantitative estimate of drug-likeness (QED) is 0.241. The highest BCUT2D eigenvalue weighted by atomic mass is 16.6. The number of nitrogens with one attached hydrogen (secondary N) is 1. The summed E-state index contributed by atoms with van der Waals surface area (Å²) in [6, 6.07) is 21.5. The Kier molecular flexibility index (Phi) is 11.7. The van der Waals surface area contributed by atoms with Gasteiger partial charge in [-0.2, -0.15) is 0 Å². The minimum absolute atomic E-state index is 0.183. The lowest BCUT2D eigenvalue weighted by Gasteiger charge is -2.35. The summed E-state index contributed by atoms with van der Waals surface area (Å²) in [4.78, 5) is 54.7. The van der Waals surface area contributed by atoms with Crippen LogP contribution < -0.4 is 5.32 Å². The second-order valence-corrected chi connectivity index (χ2v) is 11.6. The van der Waals surface area contributed by atoms with Crippen LogP contribution in [0.1, 0.15) is 45.2 Å². The summed E-state index contributed by atoms with van der Waals surface area (Å²) in [5.74, 6) is -1.12. The van der Waals surface area contributed by atoms with Gasteiger partial charge in [0.2, 0.25) is 11.8 Å². The minimum Gasteiger partial charge on any atom is -0.466 e. The summed E-state index contributed by atoms with van der Waals surface area (Å²) in [6.07, 6.45) is 0.311. The van der Waals surface area contributed by atoms with Gasteiger partial charge in [-0.25, -0.2) is 4.79 Å². The largest absolute Gasteiger partial charge is 0.466 e. The van der Waals surface area contributed by atoms with Crippen LogP contribution in [0.4, 0.5) is 4.79 Å². The molecule has 0 saturated heterocycles. The SMILES string of the molecule is CC(=O)OCCCNC(=O)[C@@H](Cc1ccccc1)N(C)C(=O)[C@@H](Cc1ccc2ccccc2c1)N(C)C(=O)OC(C)(C)C. The Bertz CT molecular complexity index is 1400. The molecule has 0 saturated carbocycles. The molecule has 3 aromatic carbocycles. The van der Waals surface area contributed by atoms with Crippen LogP contribution in [0.2, 0.25) is 0 Å². The Hall–Kier alpha value is -4.40. The number of ether oxygens (including phenoxy) is 2. The molecule has 0 spiro atoms. The predicted molar refractivity (Wildman–Crippen MR) is 166 cm³/mol. The molecule has 0 aromatic heterocycles. The lowest BCUT2D eigenvalue weighted by atomic mass is 9.98. The Balaban J connectivity index is 1.90. The van der Waals surface area contributed by atoms with Crippen molar-refractivity contribution < 1.29 is 28.7 Å².